The van der Waals surface area contributed by atoms with Crippen molar-refractivity contribution in [3.8, 4) is 0 Å². The van der Waals surface area contributed by atoms with Crippen LogP contribution in [0.15, 0.2) is 47.5 Å². The quantitative estimate of drug-likeness (QED) is 0.856. The van der Waals surface area contributed by atoms with Crippen LogP contribution in [0.5, 0.6) is 0 Å². The molecule has 1 N–H and O–H groups in total. The Balaban J connectivity index is 2.36. The molecular weight excluding hydrogens is 349 g/mol. The van der Waals surface area contributed by atoms with Crippen molar-refractivity contribution in [2.24, 2.45) is 0 Å². The molecule has 1 aromatic heterocycles. The first kappa shape index (κ1) is 16.8. The van der Waals surface area contributed by atoms with Gasteiger partial charge in [-0.15, -0.1) is 0 Å². The van der Waals surface area contributed by atoms with E-state index in [2.05, 4.69) is 10.3 Å². The third-order valence-corrected chi connectivity index (χ3v) is 3.48. The maximum atomic E-state index is 12.2. The highest BCUT2D eigenvalue weighted by molar-refractivity contribution is 6.67. The molecule has 0 saturated heterocycles. The number of rotatable bonds is 3. The van der Waals surface area contributed by atoms with Crippen molar-refractivity contribution in [1.82, 2.24) is 14.9 Å². The van der Waals surface area contributed by atoms with Crippen molar-refractivity contribution in [3.05, 3.63) is 64.3 Å². The fraction of sp³-hybridized carbons (Fsp3) is 0.214. The number of benzene rings is 1. The van der Waals surface area contributed by atoms with Gasteiger partial charge in [0.2, 0.25) is 3.79 Å². The fourth-order valence-corrected chi connectivity index (χ4v) is 2.28. The van der Waals surface area contributed by atoms with Gasteiger partial charge in [0.1, 0.15) is 0 Å². The van der Waals surface area contributed by atoms with Crippen molar-refractivity contribution >= 4 is 40.7 Å². The van der Waals surface area contributed by atoms with E-state index in [4.69, 9.17) is 34.8 Å². The molecule has 0 aliphatic heterocycles. The predicted octanol–water partition coefficient (Wildman–Crippen LogP) is 2.85. The van der Waals surface area contributed by atoms with Gasteiger partial charge < -0.3 is 5.32 Å². The normalized spacial score (nSPS) is 12.7. The molecule has 2 aromatic rings. The van der Waals surface area contributed by atoms with Gasteiger partial charge in [0.05, 0.1) is 6.33 Å². The van der Waals surface area contributed by atoms with Gasteiger partial charge in [-0.25, -0.2) is 4.98 Å². The largest absolute Gasteiger partial charge is 0.328 e. The summed E-state index contributed by atoms with van der Waals surface area (Å²) in [4.78, 5) is 28.3. The highest BCUT2D eigenvalue weighted by Crippen LogP contribution is 2.36. The van der Waals surface area contributed by atoms with E-state index < -0.39 is 21.4 Å². The van der Waals surface area contributed by atoms with Crippen molar-refractivity contribution in [2.45, 2.75) is 16.9 Å². The highest BCUT2D eigenvalue weighted by atomic mass is 35.6. The standard InChI is InChI=1S/C14H12Cl3N3O2/c1-9-7-11(21)20(8-18-9)13(14(15,16)17)19-12(22)10-5-3-2-4-6-10/h2-8,13H,1H3,(H,19,22). The van der Waals surface area contributed by atoms with Crippen LogP contribution in [0.2, 0.25) is 0 Å². The number of carbonyl (C=O) groups is 1. The molecule has 1 amide bonds. The average Bonchev–Trinajstić information content (AvgIpc) is 2.45. The molecule has 116 valence electrons. The van der Waals surface area contributed by atoms with E-state index in [1.807, 2.05) is 0 Å². The third-order valence-electron chi connectivity index (χ3n) is 2.86. The van der Waals surface area contributed by atoms with Crippen LogP contribution >= 0.6 is 34.8 Å². The molecule has 8 heteroatoms. The minimum Gasteiger partial charge on any atom is -0.328 e. The molecule has 1 heterocycles. The zero-order valence-electron chi connectivity index (χ0n) is 11.5. The number of carbonyl (C=O) groups excluding carboxylic acids is 1. The number of aromatic nitrogens is 2. The number of amides is 1. The van der Waals surface area contributed by atoms with Gasteiger partial charge in [-0.05, 0) is 19.1 Å². The Hall–Kier alpha value is -1.56. The first-order valence-corrected chi connectivity index (χ1v) is 7.40. The van der Waals surface area contributed by atoms with E-state index in [9.17, 15) is 9.59 Å². The maximum absolute atomic E-state index is 12.2. The molecule has 0 spiro atoms. The predicted molar refractivity (Wildman–Crippen MR) is 86.5 cm³/mol. The van der Waals surface area contributed by atoms with E-state index in [1.54, 1.807) is 37.3 Å². The van der Waals surface area contributed by atoms with E-state index in [1.165, 1.54) is 12.4 Å². The summed E-state index contributed by atoms with van der Waals surface area (Å²) in [6.07, 6.45) is 0.0426. The number of hydrogen-bond donors (Lipinski definition) is 1. The van der Waals surface area contributed by atoms with Crippen LogP contribution in [0.3, 0.4) is 0 Å². The summed E-state index contributed by atoms with van der Waals surface area (Å²) < 4.78 is -0.855. The second-order valence-corrected chi connectivity index (χ2v) is 6.93. The first-order chi connectivity index (χ1) is 10.3. The molecule has 0 aliphatic carbocycles. The molecule has 2 rings (SSSR count). The van der Waals surface area contributed by atoms with Crippen LogP contribution in [0.4, 0.5) is 0 Å². The minimum atomic E-state index is -1.93. The number of nitrogens with one attached hydrogen (secondary N) is 1. The van der Waals surface area contributed by atoms with Crippen LogP contribution in [0.25, 0.3) is 0 Å². The Kier molecular flexibility index (Phi) is 5.11. The van der Waals surface area contributed by atoms with E-state index in [0.29, 0.717) is 11.3 Å². The Morgan fingerprint density at radius 3 is 2.45 bits per heavy atom. The van der Waals surface area contributed by atoms with Crippen LogP contribution in [-0.2, 0) is 0 Å². The number of halogens is 3. The molecule has 0 bridgehead atoms. The number of hydrogen-bond acceptors (Lipinski definition) is 3. The summed E-state index contributed by atoms with van der Waals surface area (Å²) in [6, 6.07) is 9.70. The van der Waals surface area contributed by atoms with Crippen LogP contribution < -0.4 is 10.9 Å². The smallest absolute Gasteiger partial charge is 0.255 e. The SMILES string of the molecule is Cc1cc(=O)n(C(NC(=O)c2ccccc2)C(Cl)(Cl)Cl)cn1. The van der Waals surface area contributed by atoms with Crippen LogP contribution in [0, 0.1) is 6.92 Å². The minimum absolute atomic E-state index is 0.384. The summed E-state index contributed by atoms with van der Waals surface area (Å²) in [7, 11) is 0. The second-order valence-electron chi connectivity index (χ2n) is 4.56. The van der Waals surface area contributed by atoms with Crippen LogP contribution in [-0.4, -0.2) is 19.3 Å². The Bertz CT molecular complexity index is 726. The third kappa shape index (κ3) is 4.00. The number of alkyl halides is 3. The molecule has 1 aromatic carbocycles. The molecule has 1 atom stereocenters. The lowest BCUT2D eigenvalue weighted by atomic mass is 10.2. The van der Waals surface area contributed by atoms with Gasteiger partial charge in [-0.1, -0.05) is 53.0 Å². The lowest BCUT2D eigenvalue weighted by molar-refractivity contribution is 0.0919. The van der Waals surface area contributed by atoms with Crippen molar-refractivity contribution < 1.29 is 4.79 Å². The molecule has 5 nitrogen and oxygen atoms in total. The van der Waals surface area contributed by atoms with Crippen molar-refractivity contribution in [2.75, 3.05) is 0 Å². The van der Waals surface area contributed by atoms with Crippen LogP contribution in [0.1, 0.15) is 22.2 Å². The Morgan fingerprint density at radius 1 is 1.27 bits per heavy atom. The fourth-order valence-electron chi connectivity index (χ4n) is 1.80. The van der Waals surface area contributed by atoms with Gasteiger partial charge >= 0.3 is 0 Å². The molecule has 0 aliphatic rings. The maximum Gasteiger partial charge on any atom is 0.255 e. The van der Waals surface area contributed by atoms with Gasteiger partial charge in [0.15, 0.2) is 6.17 Å². The average molecular weight is 361 g/mol. The summed E-state index contributed by atoms with van der Waals surface area (Å²) >= 11 is 17.7. The molecular formula is C14H12Cl3N3O2. The lowest BCUT2D eigenvalue weighted by Crippen LogP contribution is -2.44. The second kappa shape index (κ2) is 6.69. The molecule has 0 radical (unpaired) electrons. The summed E-state index contributed by atoms with van der Waals surface area (Å²) in [5.74, 6) is -0.468. The Morgan fingerprint density at radius 2 is 1.91 bits per heavy atom. The van der Waals surface area contributed by atoms with Gasteiger partial charge in [0.25, 0.3) is 11.5 Å². The lowest BCUT2D eigenvalue weighted by Gasteiger charge is -2.27. The first-order valence-electron chi connectivity index (χ1n) is 6.26. The van der Waals surface area contributed by atoms with Crippen molar-refractivity contribution in [3.63, 3.8) is 0 Å². The molecule has 0 saturated carbocycles. The van der Waals surface area contributed by atoms with Crippen molar-refractivity contribution in [1.29, 1.82) is 0 Å². The summed E-state index contributed by atoms with van der Waals surface area (Å²) in [5.41, 5.74) is 0.478. The molecule has 1 unspecified atom stereocenters. The zero-order chi connectivity index (χ0) is 16.3. The molecule has 22 heavy (non-hydrogen) atoms. The monoisotopic (exact) mass is 359 g/mol. The summed E-state index contributed by atoms with van der Waals surface area (Å²) in [6.45, 7) is 1.67. The van der Waals surface area contributed by atoms with Gasteiger partial charge in [-0.3, -0.25) is 14.2 Å². The van der Waals surface area contributed by atoms with E-state index >= 15 is 0 Å². The Labute approximate surface area is 141 Å². The topological polar surface area (TPSA) is 64.0 Å². The van der Waals surface area contributed by atoms with Gasteiger partial charge in [0, 0.05) is 17.3 Å². The van der Waals surface area contributed by atoms with Gasteiger partial charge in [-0.2, -0.15) is 0 Å². The molecule has 0 fully saturated rings. The summed E-state index contributed by atoms with van der Waals surface area (Å²) in [5, 5.41) is 2.54. The number of nitrogens with zero attached hydrogens (tertiary/aromatic N) is 2. The van der Waals surface area contributed by atoms with E-state index in [-0.39, 0.29) is 0 Å². The number of aryl methyl sites for hydroxylation is 1. The highest BCUT2D eigenvalue weighted by Gasteiger charge is 2.36. The van der Waals surface area contributed by atoms with E-state index in [0.717, 1.165) is 4.57 Å². The zero-order valence-corrected chi connectivity index (χ0v) is 13.7.